The average Bonchev–Trinajstić information content (AvgIpc) is 2.52. The lowest BCUT2D eigenvalue weighted by atomic mass is 10.3. The van der Waals surface area contributed by atoms with E-state index in [1.165, 1.54) is 12.1 Å². The molecule has 0 aliphatic carbocycles. The van der Waals surface area contributed by atoms with Gasteiger partial charge in [0.1, 0.15) is 0 Å². The van der Waals surface area contributed by atoms with Gasteiger partial charge >= 0.3 is 0 Å². The molecule has 7 heteroatoms. The normalized spacial score (nSPS) is 11.6. The van der Waals surface area contributed by atoms with Gasteiger partial charge in [-0.25, -0.2) is 0 Å². The fourth-order valence-electron chi connectivity index (χ4n) is 1.48. The maximum Gasteiger partial charge on any atom is 0.271 e. The molecule has 0 unspecified atom stereocenters. The molecule has 0 heterocycles. The zero-order valence-electron chi connectivity index (χ0n) is 11.3. The number of hydrogen-bond acceptors (Lipinski definition) is 5. The minimum absolute atomic E-state index is 0.00114. The number of rotatable bonds is 4. The van der Waals surface area contributed by atoms with Gasteiger partial charge in [0.15, 0.2) is 5.84 Å². The SMILES string of the molecule is C/C(N=Nc1ccccc1)=N\Nc1cccc([N+](=O)[O-])c1. The Bertz CT molecular complexity index is 683. The maximum atomic E-state index is 10.7. The van der Waals surface area contributed by atoms with Crippen molar-refractivity contribution in [2.45, 2.75) is 6.92 Å². The van der Waals surface area contributed by atoms with Crippen LogP contribution in [0.15, 0.2) is 69.9 Å². The molecular formula is C14H13N5O2. The van der Waals surface area contributed by atoms with Gasteiger partial charge < -0.3 is 0 Å². The second kappa shape index (κ2) is 6.90. The lowest BCUT2D eigenvalue weighted by Crippen LogP contribution is -1.95. The minimum Gasteiger partial charge on any atom is -0.276 e. The van der Waals surface area contributed by atoms with E-state index in [4.69, 9.17) is 0 Å². The van der Waals surface area contributed by atoms with Crippen LogP contribution in [0, 0.1) is 10.1 Å². The predicted octanol–water partition coefficient (Wildman–Crippen LogP) is 4.12. The molecule has 2 rings (SSSR count). The first kappa shape index (κ1) is 14.3. The van der Waals surface area contributed by atoms with E-state index in [9.17, 15) is 10.1 Å². The van der Waals surface area contributed by atoms with Gasteiger partial charge in [-0.05, 0) is 25.1 Å². The highest BCUT2D eigenvalue weighted by molar-refractivity contribution is 5.80. The fraction of sp³-hybridized carbons (Fsp3) is 0.0714. The quantitative estimate of drug-likeness (QED) is 0.300. The van der Waals surface area contributed by atoms with Gasteiger partial charge in [-0.15, -0.1) is 10.2 Å². The highest BCUT2D eigenvalue weighted by atomic mass is 16.6. The molecule has 2 aromatic carbocycles. The number of nitrogens with zero attached hydrogens (tertiary/aromatic N) is 4. The van der Waals surface area contributed by atoms with Crippen LogP contribution in [0.2, 0.25) is 0 Å². The van der Waals surface area contributed by atoms with Crippen LogP contribution in [-0.2, 0) is 0 Å². The summed E-state index contributed by atoms with van der Waals surface area (Å²) >= 11 is 0. The Labute approximate surface area is 121 Å². The molecule has 106 valence electrons. The molecule has 0 aliphatic rings. The van der Waals surface area contributed by atoms with Crippen LogP contribution < -0.4 is 5.43 Å². The van der Waals surface area contributed by atoms with Gasteiger partial charge in [-0.2, -0.15) is 5.10 Å². The Hall–Kier alpha value is -3.09. The van der Waals surface area contributed by atoms with E-state index in [2.05, 4.69) is 20.8 Å². The highest BCUT2D eigenvalue weighted by Crippen LogP contribution is 2.17. The molecule has 0 fully saturated rings. The third kappa shape index (κ3) is 4.50. The maximum absolute atomic E-state index is 10.7. The number of nitro groups is 1. The zero-order chi connectivity index (χ0) is 15.1. The summed E-state index contributed by atoms with van der Waals surface area (Å²) in [6.07, 6.45) is 0. The van der Waals surface area contributed by atoms with E-state index in [1.807, 2.05) is 30.3 Å². The van der Waals surface area contributed by atoms with Crippen molar-refractivity contribution in [3.8, 4) is 0 Å². The summed E-state index contributed by atoms with van der Waals surface area (Å²) in [6, 6.07) is 15.3. The lowest BCUT2D eigenvalue weighted by Gasteiger charge is -2.00. The molecule has 0 atom stereocenters. The molecule has 0 saturated heterocycles. The summed E-state index contributed by atoms with van der Waals surface area (Å²) in [5.74, 6) is 0.408. The summed E-state index contributed by atoms with van der Waals surface area (Å²) in [7, 11) is 0. The Morgan fingerprint density at radius 1 is 1.14 bits per heavy atom. The van der Waals surface area contributed by atoms with Gasteiger partial charge in [0.25, 0.3) is 5.69 Å². The number of amidine groups is 1. The summed E-state index contributed by atoms with van der Waals surface area (Å²) in [6.45, 7) is 1.68. The number of azo groups is 1. The van der Waals surface area contributed by atoms with Crippen molar-refractivity contribution in [3.05, 3.63) is 64.7 Å². The topological polar surface area (TPSA) is 92.2 Å². The van der Waals surface area contributed by atoms with Gasteiger partial charge in [0.2, 0.25) is 0 Å². The average molecular weight is 283 g/mol. The Morgan fingerprint density at radius 2 is 1.90 bits per heavy atom. The van der Waals surface area contributed by atoms with E-state index in [1.54, 1.807) is 19.1 Å². The standard InChI is InChI=1S/C14H13N5O2/c1-11(15-17-12-6-3-2-4-7-12)16-18-13-8-5-9-14(10-13)19(20)21/h2-10,18H,1H3/b16-11+,17-15?. The zero-order valence-corrected chi connectivity index (χ0v) is 11.3. The highest BCUT2D eigenvalue weighted by Gasteiger charge is 2.04. The number of nitro benzene ring substituents is 1. The monoisotopic (exact) mass is 283 g/mol. The molecule has 0 radical (unpaired) electrons. The number of anilines is 1. The molecule has 0 amide bonds. The van der Waals surface area contributed by atoms with E-state index < -0.39 is 4.92 Å². The van der Waals surface area contributed by atoms with Crippen molar-refractivity contribution in [2.24, 2.45) is 15.3 Å². The molecule has 1 N–H and O–H groups in total. The molecule has 21 heavy (non-hydrogen) atoms. The van der Waals surface area contributed by atoms with E-state index in [-0.39, 0.29) is 5.69 Å². The van der Waals surface area contributed by atoms with Crippen LogP contribution in [-0.4, -0.2) is 10.8 Å². The Balaban J connectivity index is 2.02. The molecule has 0 bridgehead atoms. The Kier molecular flexibility index (Phi) is 4.70. The first-order chi connectivity index (χ1) is 10.1. The van der Waals surface area contributed by atoms with Gasteiger partial charge in [-0.1, -0.05) is 24.3 Å². The van der Waals surface area contributed by atoms with Crippen molar-refractivity contribution in [1.82, 2.24) is 0 Å². The van der Waals surface area contributed by atoms with Gasteiger partial charge in [0, 0.05) is 12.1 Å². The van der Waals surface area contributed by atoms with Crippen molar-refractivity contribution in [3.63, 3.8) is 0 Å². The van der Waals surface area contributed by atoms with Crippen LogP contribution in [0.1, 0.15) is 6.92 Å². The number of hydrazone groups is 1. The molecule has 0 saturated carbocycles. The molecular weight excluding hydrogens is 270 g/mol. The van der Waals surface area contributed by atoms with Gasteiger partial charge in [0.05, 0.1) is 16.3 Å². The summed E-state index contributed by atoms with van der Waals surface area (Å²) in [5, 5.41) is 22.6. The van der Waals surface area contributed by atoms with E-state index >= 15 is 0 Å². The van der Waals surface area contributed by atoms with Crippen molar-refractivity contribution in [2.75, 3.05) is 5.43 Å². The lowest BCUT2D eigenvalue weighted by molar-refractivity contribution is -0.384. The number of hydrogen-bond donors (Lipinski definition) is 1. The second-order valence-electron chi connectivity index (χ2n) is 4.11. The molecule has 0 aliphatic heterocycles. The molecule has 0 spiro atoms. The van der Waals surface area contributed by atoms with E-state index in [0.717, 1.165) is 5.69 Å². The first-order valence-corrected chi connectivity index (χ1v) is 6.17. The van der Waals surface area contributed by atoms with Crippen molar-refractivity contribution < 1.29 is 4.92 Å². The second-order valence-corrected chi connectivity index (χ2v) is 4.11. The van der Waals surface area contributed by atoms with Crippen LogP contribution in [0.4, 0.5) is 17.1 Å². The number of nitrogens with one attached hydrogen (secondary N) is 1. The molecule has 7 nitrogen and oxygen atoms in total. The number of non-ortho nitro benzene ring substituents is 1. The fourth-order valence-corrected chi connectivity index (χ4v) is 1.48. The predicted molar refractivity (Wildman–Crippen MR) is 80.8 cm³/mol. The van der Waals surface area contributed by atoms with Crippen LogP contribution in [0.3, 0.4) is 0 Å². The van der Waals surface area contributed by atoms with Crippen molar-refractivity contribution in [1.29, 1.82) is 0 Å². The Morgan fingerprint density at radius 3 is 2.62 bits per heavy atom. The third-order valence-electron chi connectivity index (χ3n) is 2.47. The first-order valence-electron chi connectivity index (χ1n) is 6.17. The van der Waals surface area contributed by atoms with Gasteiger partial charge in [-0.3, -0.25) is 15.5 Å². The summed E-state index contributed by atoms with van der Waals surface area (Å²) in [4.78, 5) is 10.2. The smallest absolute Gasteiger partial charge is 0.271 e. The number of benzene rings is 2. The van der Waals surface area contributed by atoms with E-state index in [0.29, 0.717) is 11.5 Å². The summed E-state index contributed by atoms with van der Waals surface area (Å²) < 4.78 is 0. The van der Waals surface area contributed by atoms with Crippen molar-refractivity contribution >= 4 is 22.9 Å². The molecule has 0 aromatic heterocycles. The van der Waals surface area contributed by atoms with Crippen LogP contribution >= 0.6 is 0 Å². The largest absolute Gasteiger partial charge is 0.276 e. The molecule has 2 aromatic rings. The van der Waals surface area contributed by atoms with Crippen LogP contribution in [0.25, 0.3) is 0 Å². The van der Waals surface area contributed by atoms with Crippen LogP contribution in [0.5, 0.6) is 0 Å². The third-order valence-corrected chi connectivity index (χ3v) is 2.47. The summed E-state index contributed by atoms with van der Waals surface area (Å²) in [5.41, 5.74) is 3.94. The minimum atomic E-state index is -0.461.